The molecule has 1 aliphatic heterocycles. The van der Waals surface area contributed by atoms with Gasteiger partial charge in [-0.05, 0) is 35.6 Å². The van der Waals surface area contributed by atoms with Gasteiger partial charge in [-0.3, -0.25) is 9.69 Å². The Morgan fingerprint density at radius 1 is 1.23 bits per heavy atom. The largest absolute Gasteiger partial charge is 0.447 e. The Morgan fingerprint density at radius 3 is 2.67 bits per heavy atom. The molecule has 9 heteroatoms. The highest BCUT2D eigenvalue weighted by Gasteiger charge is 2.23. The van der Waals surface area contributed by atoms with Crippen LogP contribution < -0.4 is 15.5 Å². The molecule has 1 aliphatic rings. The second kappa shape index (κ2) is 10.6. The maximum atomic E-state index is 11.9. The van der Waals surface area contributed by atoms with Crippen LogP contribution in [0.2, 0.25) is 0 Å². The first kappa shape index (κ1) is 21.6. The number of amides is 2. The summed E-state index contributed by atoms with van der Waals surface area (Å²) in [6.45, 7) is 2.34. The summed E-state index contributed by atoms with van der Waals surface area (Å²) in [4.78, 5) is 32.6. The lowest BCUT2D eigenvalue weighted by molar-refractivity contribution is -0.127. The minimum absolute atomic E-state index is 0.0235. The number of carbonyl (C=O) groups is 2. The SMILES string of the molecule is CN(C)C(=O)CNC(=NCc1ccc(N2CCOC2=O)cc1)NCCc1cccs1. The second-order valence-corrected chi connectivity index (χ2v) is 8.03. The lowest BCUT2D eigenvalue weighted by Gasteiger charge is -2.15. The van der Waals surface area contributed by atoms with Crippen LogP contribution in [0, 0.1) is 0 Å². The van der Waals surface area contributed by atoms with Gasteiger partial charge in [-0.15, -0.1) is 11.3 Å². The van der Waals surface area contributed by atoms with E-state index < -0.39 is 0 Å². The summed E-state index contributed by atoms with van der Waals surface area (Å²) in [7, 11) is 3.45. The van der Waals surface area contributed by atoms with Gasteiger partial charge < -0.3 is 20.3 Å². The van der Waals surface area contributed by atoms with Gasteiger partial charge >= 0.3 is 6.09 Å². The molecule has 0 radical (unpaired) electrons. The summed E-state index contributed by atoms with van der Waals surface area (Å²) < 4.78 is 4.97. The smallest absolute Gasteiger partial charge is 0.414 e. The number of nitrogens with one attached hydrogen (secondary N) is 2. The number of thiophene rings is 1. The Bertz CT molecular complexity index is 865. The minimum atomic E-state index is -0.312. The van der Waals surface area contributed by atoms with Crippen LogP contribution in [0.15, 0.2) is 46.8 Å². The molecular weight excluding hydrogens is 402 g/mol. The third-order valence-corrected chi connectivity index (χ3v) is 5.51. The molecule has 30 heavy (non-hydrogen) atoms. The van der Waals surface area contributed by atoms with Crippen molar-refractivity contribution in [3.63, 3.8) is 0 Å². The molecule has 2 aromatic rings. The maximum Gasteiger partial charge on any atom is 0.414 e. The first-order chi connectivity index (χ1) is 14.5. The van der Waals surface area contributed by atoms with E-state index in [0.717, 1.165) is 24.2 Å². The van der Waals surface area contributed by atoms with Crippen molar-refractivity contribution in [2.24, 2.45) is 4.99 Å². The molecule has 160 valence electrons. The van der Waals surface area contributed by atoms with E-state index in [4.69, 9.17) is 4.74 Å². The number of anilines is 1. The fourth-order valence-corrected chi connectivity index (χ4v) is 3.54. The molecule has 0 spiro atoms. The average Bonchev–Trinajstić information content (AvgIpc) is 3.41. The number of cyclic esters (lactones) is 1. The number of likely N-dealkylation sites (N-methyl/N-ethyl adjacent to an activating group) is 1. The number of guanidine groups is 1. The van der Waals surface area contributed by atoms with E-state index in [-0.39, 0.29) is 18.5 Å². The summed E-state index contributed by atoms with van der Waals surface area (Å²) in [5, 5.41) is 8.44. The van der Waals surface area contributed by atoms with Gasteiger partial charge in [0.05, 0.1) is 19.6 Å². The molecule has 1 aromatic heterocycles. The molecule has 8 nitrogen and oxygen atoms in total. The lowest BCUT2D eigenvalue weighted by Crippen LogP contribution is -2.43. The zero-order valence-electron chi connectivity index (χ0n) is 17.3. The van der Waals surface area contributed by atoms with Crippen LogP contribution >= 0.6 is 11.3 Å². The number of hydrogen-bond acceptors (Lipinski definition) is 5. The van der Waals surface area contributed by atoms with Crippen LogP contribution in [0.5, 0.6) is 0 Å². The van der Waals surface area contributed by atoms with E-state index in [0.29, 0.717) is 25.7 Å². The number of hydrogen-bond donors (Lipinski definition) is 2. The van der Waals surface area contributed by atoms with Gasteiger partial charge in [0.1, 0.15) is 6.61 Å². The highest BCUT2D eigenvalue weighted by atomic mass is 32.1. The number of ether oxygens (including phenoxy) is 1. The van der Waals surface area contributed by atoms with Crippen molar-refractivity contribution in [1.29, 1.82) is 0 Å². The normalized spacial score (nSPS) is 13.9. The van der Waals surface area contributed by atoms with Gasteiger partial charge in [0, 0.05) is 31.2 Å². The topological polar surface area (TPSA) is 86.3 Å². The van der Waals surface area contributed by atoms with E-state index in [9.17, 15) is 9.59 Å². The Morgan fingerprint density at radius 2 is 2.03 bits per heavy atom. The molecular formula is C21H27N5O3S. The Hall–Kier alpha value is -3.07. The van der Waals surface area contributed by atoms with Crippen molar-refractivity contribution in [2.45, 2.75) is 13.0 Å². The number of benzene rings is 1. The predicted octanol–water partition coefficient (Wildman–Crippen LogP) is 2.07. The standard InChI is InChI=1S/C21H27N5O3S/c1-25(2)19(27)15-24-20(22-10-9-18-4-3-13-30-18)23-14-16-5-7-17(8-6-16)26-11-12-29-21(26)28/h3-8,13H,9-12,14-15H2,1-2H3,(H2,22,23,24). The van der Waals surface area contributed by atoms with Gasteiger partial charge in [0.15, 0.2) is 5.96 Å². The van der Waals surface area contributed by atoms with Crippen LogP contribution in [0.4, 0.5) is 10.5 Å². The zero-order chi connectivity index (χ0) is 21.3. The van der Waals surface area contributed by atoms with Crippen molar-refractivity contribution < 1.29 is 14.3 Å². The van der Waals surface area contributed by atoms with E-state index in [1.165, 1.54) is 4.88 Å². The zero-order valence-corrected chi connectivity index (χ0v) is 18.1. The van der Waals surface area contributed by atoms with Gasteiger partial charge in [-0.2, -0.15) is 0 Å². The van der Waals surface area contributed by atoms with Gasteiger partial charge in [0.25, 0.3) is 0 Å². The molecule has 0 atom stereocenters. The molecule has 2 amide bonds. The molecule has 1 fully saturated rings. The Balaban J connectivity index is 1.59. The fraction of sp³-hybridized carbons (Fsp3) is 0.381. The summed E-state index contributed by atoms with van der Waals surface area (Å²) in [6, 6.07) is 11.8. The maximum absolute atomic E-state index is 11.9. The summed E-state index contributed by atoms with van der Waals surface area (Å²) in [5.41, 5.74) is 1.82. The van der Waals surface area contributed by atoms with Crippen LogP contribution in [0.25, 0.3) is 0 Å². The highest BCUT2D eigenvalue weighted by Crippen LogP contribution is 2.19. The third-order valence-electron chi connectivity index (χ3n) is 4.58. The monoisotopic (exact) mass is 429 g/mol. The molecule has 0 saturated carbocycles. The van der Waals surface area contributed by atoms with E-state index in [1.807, 2.05) is 30.3 Å². The predicted molar refractivity (Wildman–Crippen MR) is 119 cm³/mol. The van der Waals surface area contributed by atoms with Gasteiger partial charge in [-0.25, -0.2) is 9.79 Å². The third kappa shape index (κ3) is 6.21. The number of nitrogens with zero attached hydrogens (tertiary/aromatic N) is 3. The summed E-state index contributed by atoms with van der Waals surface area (Å²) in [6.07, 6.45) is 0.577. The molecule has 1 saturated heterocycles. The molecule has 0 unspecified atom stereocenters. The quantitative estimate of drug-likeness (QED) is 0.496. The van der Waals surface area contributed by atoms with Crippen molar-refractivity contribution in [3.8, 4) is 0 Å². The van der Waals surface area contributed by atoms with Crippen molar-refractivity contribution in [1.82, 2.24) is 15.5 Å². The minimum Gasteiger partial charge on any atom is -0.447 e. The average molecular weight is 430 g/mol. The molecule has 0 bridgehead atoms. The molecule has 2 heterocycles. The number of aliphatic imine (C=N–C) groups is 1. The lowest BCUT2D eigenvalue weighted by atomic mass is 10.2. The molecule has 2 N–H and O–H groups in total. The van der Waals surface area contributed by atoms with Crippen LogP contribution in [0.1, 0.15) is 10.4 Å². The highest BCUT2D eigenvalue weighted by molar-refractivity contribution is 7.09. The summed E-state index contributed by atoms with van der Waals surface area (Å²) in [5.74, 6) is 0.568. The molecule has 0 aliphatic carbocycles. The number of rotatable bonds is 8. The summed E-state index contributed by atoms with van der Waals surface area (Å²) >= 11 is 1.72. The van der Waals surface area contributed by atoms with Crippen LogP contribution in [-0.2, 0) is 22.5 Å². The second-order valence-electron chi connectivity index (χ2n) is 7.00. The van der Waals surface area contributed by atoms with Gasteiger partial charge in [0.2, 0.25) is 5.91 Å². The van der Waals surface area contributed by atoms with Crippen molar-refractivity contribution in [3.05, 3.63) is 52.2 Å². The fourth-order valence-electron chi connectivity index (χ4n) is 2.83. The van der Waals surface area contributed by atoms with E-state index in [1.54, 1.807) is 35.2 Å². The number of carbonyl (C=O) groups excluding carboxylic acids is 2. The van der Waals surface area contributed by atoms with Gasteiger partial charge in [-0.1, -0.05) is 18.2 Å². The van der Waals surface area contributed by atoms with E-state index in [2.05, 4.69) is 27.1 Å². The van der Waals surface area contributed by atoms with E-state index >= 15 is 0 Å². The molecule has 3 rings (SSSR count). The Kier molecular flexibility index (Phi) is 7.67. The Labute approximate surface area is 180 Å². The first-order valence-electron chi connectivity index (χ1n) is 9.81. The molecule has 1 aromatic carbocycles. The van der Waals surface area contributed by atoms with Crippen LogP contribution in [-0.4, -0.2) is 63.2 Å². The first-order valence-corrected chi connectivity index (χ1v) is 10.7. The van der Waals surface area contributed by atoms with Crippen molar-refractivity contribution >= 4 is 35.0 Å². The van der Waals surface area contributed by atoms with Crippen LogP contribution in [0.3, 0.4) is 0 Å². The van der Waals surface area contributed by atoms with Crippen molar-refractivity contribution in [2.75, 3.05) is 45.2 Å².